The Bertz CT molecular complexity index is 1120. The number of hydrogen-bond acceptors (Lipinski definition) is 4. The summed E-state index contributed by atoms with van der Waals surface area (Å²) < 4.78 is 33.5. The fourth-order valence-corrected chi connectivity index (χ4v) is 4.71. The molecule has 1 aliphatic carbocycles. The van der Waals surface area contributed by atoms with Gasteiger partial charge in [-0.3, -0.25) is 4.72 Å². The molecule has 0 atom stereocenters. The van der Waals surface area contributed by atoms with Crippen molar-refractivity contribution >= 4 is 26.7 Å². The van der Waals surface area contributed by atoms with E-state index in [4.69, 9.17) is 4.42 Å². The summed E-state index contributed by atoms with van der Waals surface area (Å²) in [7, 11) is -3.67. The first kappa shape index (κ1) is 15.9. The number of nitrogens with one attached hydrogen (secondary N) is 1. The van der Waals surface area contributed by atoms with Gasteiger partial charge in [-0.2, -0.15) is 0 Å². The van der Waals surface area contributed by atoms with Crippen LogP contribution in [0.5, 0.6) is 0 Å². The first-order valence-electron chi connectivity index (χ1n) is 8.20. The molecule has 0 bridgehead atoms. The van der Waals surface area contributed by atoms with Crippen molar-refractivity contribution in [3.63, 3.8) is 0 Å². The summed E-state index contributed by atoms with van der Waals surface area (Å²) in [4.78, 5) is 11.6. The fraction of sp³-hybridized carbons (Fsp3) is 0.211. The van der Waals surface area contributed by atoms with Gasteiger partial charge < -0.3 is 4.42 Å². The van der Waals surface area contributed by atoms with Gasteiger partial charge in [0.15, 0.2) is 0 Å². The van der Waals surface area contributed by atoms with Gasteiger partial charge in [0.25, 0.3) is 10.0 Å². The van der Waals surface area contributed by atoms with E-state index in [0.29, 0.717) is 21.6 Å². The average molecular weight is 355 g/mol. The largest absolute Gasteiger partial charge is 0.423 e. The van der Waals surface area contributed by atoms with Gasteiger partial charge in [-0.15, -0.1) is 0 Å². The molecule has 2 aromatic carbocycles. The Hall–Kier alpha value is -2.60. The zero-order chi connectivity index (χ0) is 17.4. The smallest absolute Gasteiger partial charge is 0.336 e. The molecule has 5 nitrogen and oxygen atoms in total. The van der Waals surface area contributed by atoms with Gasteiger partial charge in [-0.05, 0) is 67.1 Å². The molecule has 3 aromatic rings. The average Bonchev–Trinajstić information content (AvgIpc) is 2.61. The lowest BCUT2D eigenvalue weighted by Gasteiger charge is -2.19. The molecule has 6 heteroatoms. The Morgan fingerprint density at radius 3 is 2.68 bits per heavy atom. The highest BCUT2D eigenvalue weighted by Gasteiger charge is 2.22. The van der Waals surface area contributed by atoms with Gasteiger partial charge in [0.2, 0.25) is 0 Å². The fourth-order valence-electron chi connectivity index (χ4n) is 3.34. The van der Waals surface area contributed by atoms with Crippen molar-refractivity contribution in [2.75, 3.05) is 4.72 Å². The molecule has 0 saturated heterocycles. The molecule has 4 rings (SSSR count). The minimum absolute atomic E-state index is 0.351. The highest BCUT2D eigenvalue weighted by Crippen LogP contribution is 2.29. The Kier molecular flexibility index (Phi) is 3.84. The van der Waals surface area contributed by atoms with E-state index in [1.807, 2.05) is 6.07 Å². The maximum Gasteiger partial charge on any atom is 0.336 e. The van der Waals surface area contributed by atoms with E-state index >= 15 is 0 Å². The molecular weight excluding hydrogens is 338 g/mol. The van der Waals surface area contributed by atoms with E-state index in [0.717, 1.165) is 36.8 Å². The minimum Gasteiger partial charge on any atom is -0.423 e. The van der Waals surface area contributed by atoms with Crippen LogP contribution in [0, 0.1) is 0 Å². The number of rotatable bonds is 3. The van der Waals surface area contributed by atoms with Crippen LogP contribution in [0.1, 0.15) is 24.0 Å². The van der Waals surface area contributed by atoms with Gasteiger partial charge in [0.1, 0.15) is 5.58 Å². The Morgan fingerprint density at radius 1 is 0.960 bits per heavy atom. The van der Waals surface area contributed by atoms with Crippen molar-refractivity contribution < 1.29 is 12.8 Å². The second kappa shape index (κ2) is 6.04. The first-order valence-corrected chi connectivity index (χ1v) is 9.69. The van der Waals surface area contributed by atoms with Gasteiger partial charge in [-0.25, -0.2) is 13.2 Å². The van der Waals surface area contributed by atoms with Crippen molar-refractivity contribution in [3.8, 4) is 0 Å². The second-order valence-corrected chi connectivity index (χ2v) is 7.86. The summed E-state index contributed by atoms with van der Waals surface area (Å²) in [5.41, 5.74) is 2.47. The lowest BCUT2D eigenvalue weighted by atomic mass is 9.92. The van der Waals surface area contributed by atoms with Crippen molar-refractivity contribution in [1.29, 1.82) is 0 Å². The number of aryl methyl sites for hydroxylation is 1. The lowest BCUT2D eigenvalue weighted by Crippen LogP contribution is -2.17. The number of hydrogen-bond donors (Lipinski definition) is 1. The summed E-state index contributed by atoms with van der Waals surface area (Å²) >= 11 is 0. The minimum atomic E-state index is -3.67. The van der Waals surface area contributed by atoms with Crippen LogP contribution in [-0.4, -0.2) is 8.42 Å². The summed E-state index contributed by atoms with van der Waals surface area (Å²) in [5, 5.41) is 0.662. The highest BCUT2D eigenvalue weighted by molar-refractivity contribution is 7.92. The SMILES string of the molecule is O=c1ccc2cc(NS(=O)(=O)c3cccc4c3CCCC4)ccc2o1. The third-order valence-electron chi connectivity index (χ3n) is 4.51. The van der Waals surface area contributed by atoms with Gasteiger partial charge in [-0.1, -0.05) is 12.1 Å². The van der Waals surface area contributed by atoms with Crippen molar-refractivity contribution in [2.45, 2.75) is 30.6 Å². The van der Waals surface area contributed by atoms with E-state index in [2.05, 4.69) is 4.72 Å². The van der Waals surface area contributed by atoms with E-state index < -0.39 is 15.6 Å². The van der Waals surface area contributed by atoms with Crippen LogP contribution in [-0.2, 0) is 22.9 Å². The molecule has 1 heterocycles. The van der Waals surface area contributed by atoms with Crippen LogP contribution in [0.15, 0.2) is 62.6 Å². The molecule has 1 N–H and O–H groups in total. The molecule has 0 aliphatic heterocycles. The molecule has 25 heavy (non-hydrogen) atoms. The molecule has 0 unspecified atom stereocenters. The van der Waals surface area contributed by atoms with Crippen molar-refractivity contribution in [1.82, 2.24) is 0 Å². The summed E-state index contributed by atoms with van der Waals surface area (Å²) in [5.74, 6) is 0. The molecule has 0 spiro atoms. The highest BCUT2D eigenvalue weighted by atomic mass is 32.2. The maximum absolute atomic E-state index is 12.9. The molecule has 0 saturated carbocycles. The lowest BCUT2D eigenvalue weighted by molar-refractivity contribution is 0.561. The van der Waals surface area contributed by atoms with Crippen molar-refractivity contribution in [3.05, 3.63) is 70.1 Å². The topological polar surface area (TPSA) is 76.4 Å². The van der Waals surface area contributed by atoms with Crippen LogP contribution in [0.3, 0.4) is 0 Å². The maximum atomic E-state index is 12.9. The molecular formula is C19H17NO4S. The molecule has 128 valence electrons. The number of fused-ring (bicyclic) bond motifs is 2. The predicted octanol–water partition coefficient (Wildman–Crippen LogP) is 3.47. The van der Waals surface area contributed by atoms with E-state index in [9.17, 15) is 13.2 Å². The first-order chi connectivity index (χ1) is 12.0. The zero-order valence-electron chi connectivity index (χ0n) is 13.5. The number of benzene rings is 2. The van der Waals surface area contributed by atoms with Gasteiger partial charge in [0, 0.05) is 17.1 Å². The van der Waals surface area contributed by atoms with Crippen LogP contribution in [0.4, 0.5) is 5.69 Å². The summed E-state index contributed by atoms with van der Waals surface area (Å²) in [6.45, 7) is 0. The van der Waals surface area contributed by atoms with E-state index in [-0.39, 0.29) is 0 Å². The third-order valence-corrected chi connectivity index (χ3v) is 5.98. The third kappa shape index (κ3) is 3.05. The summed E-state index contributed by atoms with van der Waals surface area (Å²) in [6, 6.07) is 13.2. The van der Waals surface area contributed by atoms with Gasteiger partial charge >= 0.3 is 5.63 Å². The van der Waals surface area contributed by atoms with E-state index in [1.165, 1.54) is 6.07 Å². The molecule has 0 amide bonds. The Balaban J connectivity index is 1.72. The Morgan fingerprint density at radius 2 is 1.80 bits per heavy atom. The van der Waals surface area contributed by atoms with Crippen LogP contribution >= 0.6 is 0 Å². The molecule has 0 radical (unpaired) electrons. The predicted molar refractivity (Wildman–Crippen MR) is 96.4 cm³/mol. The second-order valence-electron chi connectivity index (χ2n) is 6.21. The van der Waals surface area contributed by atoms with Gasteiger partial charge in [0.05, 0.1) is 4.90 Å². The molecule has 1 aliphatic rings. The van der Waals surface area contributed by atoms with Crippen LogP contribution in [0.2, 0.25) is 0 Å². The zero-order valence-corrected chi connectivity index (χ0v) is 14.3. The van der Waals surface area contributed by atoms with Crippen LogP contribution in [0.25, 0.3) is 11.0 Å². The normalized spacial score (nSPS) is 14.2. The summed E-state index contributed by atoms with van der Waals surface area (Å²) in [6.07, 6.45) is 3.82. The molecule has 1 aromatic heterocycles. The van der Waals surface area contributed by atoms with Crippen LogP contribution < -0.4 is 10.3 Å². The molecule has 0 fully saturated rings. The van der Waals surface area contributed by atoms with Crippen molar-refractivity contribution in [2.24, 2.45) is 0 Å². The number of sulfonamides is 1. The quantitative estimate of drug-likeness (QED) is 0.730. The van der Waals surface area contributed by atoms with E-state index in [1.54, 1.807) is 36.4 Å². The Labute approximate surface area is 145 Å². The monoisotopic (exact) mass is 355 g/mol. The number of anilines is 1. The standard InChI is InChI=1S/C19H17NO4S/c21-19-11-8-14-12-15(9-10-17(14)24-19)20-25(22,23)18-7-3-5-13-4-1-2-6-16(13)18/h3,5,7-12,20H,1-2,4,6H2.